The van der Waals surface area contributed by atoms with Crippen molar-refractivity contribution in [2.45, 2.75) is 32.1 Å². The van der Waals surface area contributed by atoms with E-state index in [1.54, 1.807) is 11.8 Å². The number of nitrogens with one attached hydrogen (secondary N) is 1. The summed E-state index contributed by atoms with van der Waals surface area (Å²) in [6.07, 6.45) is 1.09. The van der Waals surface area contributed by atoms with Crippen molar-refractivity contribution >= 4 is 29.3 Å². The molecule has 0 saturated carbocycles. The molecular weight excluding hydrogens is 356 g/mol. The van der Waals surface area contributed by atoms with E-state index in [-0.39, 0.29) is 5.91 Å². The Kier molecular flexibility index (Phi) is 9.10. The number of rotatable bonds is 9. The maximum Gasteiger partial charge on any atom is 0.230 e. The summed E-state index contributed by atoms with van der Waals surface area (Å²) < 4.78 is 5.44. The predicted octanol–water partition coefficient (Wildman–Crippen LogP) is 3.44. The van der Waals surface area contributed by atoms with E-state index in [0.29, 0.717) is 17.7 Å². The highest BCUT2D eigenvalue weighted by Crippen LogP contribution is 2.17. The van der Waals surface area contributed by atoms with Gasteiger partial charge in [0.25, 0.3) is 0 Å². The second-order valence-corrected chi connectivity index (χ2v) is 8.28. The van der Waals surface area contributed by atoms with E-state index in [9.17, 15) is 4.79 Å². The fourth-order valence-corrected chi connectivity index (χ4v) is 4.04. The van der Waals surface area contributed by atoms with Gasteiger partial charge in [-0.1, -0.05) is 37.6 Å². The van der Waals surface area contributed by atoms with Crippen LogP contribution in [0.4, 0.5) is 0 Å². The monoisotopic (exact) mass is 384 g/mol. The molecule has 1 atom stereocenters. The molecule has 0 radical (unpaired) electrons. The Hall–Kier alpha value is -0.750. The van der Waals surface area contributed by atoms with E-state index in [0.717, 1.165) is 55.6 Å². The van der Waals surface area contributed by atoms with Gasteiger partial charge < -0.3 is 10.1 Å². The number of benzene rings is 1. The molecule has 0 bridgehead atoms. The van der Waals surface area contributed by atoms with Gasteiger partial charge in [0.15, 0.2) is 0 Å². The van der Waals surface area contributed by atoms with Crippen LogP contribution in [-0.2, 0) is 15.3 Å². The van der Waals surface area contributed by atoms with Crippen LogP contribution in [0.2, 0.25) is 5.02 Å². The molecule has 1 unspecified atom stereocenters. The summed E-state index contributed by atoms with van der Waals surface area (Å²) in [4.78, 5) is 14.6. The number of amides is 1. The lowest BCUT2D eigenvalue weighted by molar-refractivity contribution is -0.118. The Balaban J connectivity index is 1.72. The third kappa shape index (κ3) is 7.99. The average Bonchev–Trinajstić information content (AvgIpc) is 2.59. The molecule has 1 saturated heterocycles. The molecule has 1 fully saturated rings. The molecule has 6 heteroatoms. The van der Waals surface area contributed by atoms with Crippen molar-refractivity contribution in [3.63, 3.8) is 0 Å². The minimum Gasteiger partial charge on any atom is -0.379 e. The molecule has 2 rings (SSSR count). The number of hydrogen-bond donors (Lipinski definition) is 1. The quantitative estimate of drug-likeness (QED) is 0.708. The van der Waals surface area contributed by atoms with Gasteiger partial charge in [-0.3, -0.25) is 9.69 Å². The standard InChI is InChI=1S/C19H29ClN2O2S/c1-15(2)10-18(22-6-8-24-9-7-22)12-21-19(23)14-25-13-16-4-3-5-17(20)11-16/h3-5,11,15,18H,6-10,12-14H2,1-2H3,(H,21,23). The van der Waals surface area contributed by atoms with Gasteiger partial charge in [-0.25, -0.2) is 0 Å². The van der Waals surface area contributed by atoms with Crippen LogP contribution < -0.4 is 5.32 Å². The van der Waals surface area contributed by atoms with Gasteiger partial charge in [-0.2, -0.15) is 0 Å². The summed E-state index contributed by atoms with van der Waals surface area (Å²) in [6, 6.07) is 8.18. The van der Waals surface area contributed by atoms with Crippen molar-refractivity contribution in [2.75, 3.05) is 38.6 Å². The van der Waals surface area contributed by atoms with Crippen LogP contribution in [0.1, 0.15) is 25.8 Å². The fraction of sp³-hybridized carbons (Fsp3) is 0.632. The molecular formula is C19H29ClN2O2S. The lowest BCUT2D eigenvalue weighted by atomic mass is 10.0. The molecule has 25 heavy (non-hydrogen) atoms. The molecule has 1 aromatic rings. The van der Waals surface area contributed by atoms with Gasteiger partial charge in [-0.05, 0) is 30.0 Å². The first-order chi connectivity index (χ1) is 12.0. The van der Waals surface area contributed by atoms with E-state index < -0.39 is 0 Å². The summed E-state index contributed by atoms with van der Waals surface area (Å²) in [5, 5.41) is 3.86. The van der Waals surface area contributed by atoms with Crippen molar-refractivity contribution in [1.82, 2.24) is 10.2 Å². The number of hydrogen-bond acceptors (Lipinski definition) is 4. The number of carbonyl (C=O) groups is 1. The summed E-state index contributed by atoms with van der Waals surface area (Å²) in [6.45, 7) is 8.67. The largest absolute Gasteiger partial charge is 0.379 e. The molecule has 1 aliphatic rings. The highest BCUT2D eigenvalue weighted by Gasteiger charge is 2.22. The van der Waals surface area contributed by atoms with Crippen molar-refractivity contribution in [3.05, 3.63) is 34.9 Å². The van der Waals surface area contributed by atoms with E-state index in [2.05, 4.69) is 24.1 Å². The molecule has 1 aliphatic heterocycles. The van der Waals surface area contributed by atoms with Gasteiger partial charge in [0.05, 0.1) is 19.0 Å². The first-order valence-electron chi connectivity index (χ1n) is 8.95. The Morgan fingerprint density at radius 1 is 1.36 bits per heavy atom. The molecule has 1 aromatic carbocycles. The smallest absolute Gasteiger partial charge is 0.230 e. The average molecular weight is 385 g/mol. The Morgan fingerprint density at radius 3 is 2.80 bits per heavy atom. The number of halogens is 1. The van der Waals surface area contributed by atoms with E-state index in [1.807, 2.05) is 24.3 Å². The molecule has 1 amide bonds. The van der Waals surface area contributed by atoms with Gasteiger partial charge in [0.1, 0.15) is 0 Å². The summed E-state index contributed by atoms with van der Waals surface area (Å²) in [7, 11) is 0. The zero-order valence-corrected chi connectivity index (χ0v) is 16.7. The van der Waals surface area contributed by atoms with Gasteiger partial charge >= 0.3 is 0 Å². The van der Waals surface area contributed by atoms with Gasteiger partial charge in [0.2, 0.25) is 5.91 Å². The Bertz CT molecular complexity index is 536. The maximum absolute atomic E-state index is 12.2. The number of carbonyl (C=O) groups excluding carboxylic acids is 1. The topological polar surface area (TPSA) is 41.6 Å². The first kappa shape index (κ1) is 20.6. The van der Waals surface area contributed by atoms with Crippen LogP contribution in [-0.4, -0.2) is 55.4 Å². The second kappa shape index (κ2) is 11.1. The van der Waals surface area contributed by atoms with Crippen molar-refractivity contribution in [2.24, 2.45) is 5.92 Å². The number of ether oxygens (including phenoxy) is 1. The number of morpholine rings is 1. The zero-order valence-electron chi connectivity index (χ0n) is 15.2. The van der Waals surface area contributed by atoms with Crippen molar-refractivity contribution in [3.8, 4) is 0 Å². The lowest BCUT2D eigenvalue weighted by Gasteiger charge is -2.35. The molecule has 0 aromatic heterocycles. The summed E-state index contributed by atoms with van der Waals surface area (Å²) >= 11 is 7.60. The van der Waals surface area contributed by atoms with E-state index >= 15 is 0 Å². The molecule has 1 N–H and O–H groups in total. The number of thioether (sulfide) groups is 1. The lowest BCUT2D eigenvalue weighted by Crippen LogP contribution is -2.49. The minimum absolute atomic E-state index is 0.106. The third-order valence-corrected chi connectivity index (χ3v) is 5.47. The van der Waals surface area contributed by atoms with Gasteiger partial charge in [-0.15, -0.1) is 11.8 Å². The minimum atomic E-state index is 0.106. The number of nitrogens with zero attached hydrogens (tertiary/aromatic N) is 1. The second-order valence-electron chi connectivity index (χ2n) is 6.86. The predicted molar refractivity (Wildman–Crippen MR) is 106 cm³/mol. The molecule has 1 heterocycles. The molecule has 0 spiro atoms. The van der Waals surface area contributed by atoms with E-state index in [1.165, 1.54) is 0 Å². The van der Waals surface area contributed by atoms with E-state index in [4.69, 9.17) is 16.3 Å². The fourth-order valence-electron chi connectivity index (χ4n) is 3.02. The highest BCUT2D eigenvalue weighted by molar-refractivity contribution is 7.99. The maximum atomic E-state index is 12.2. The summed E-state index contributed by atoms with van der Waals surface area (Å²) in [5.41, 5.74) is 1.15. The van der Waals surface area contributed by atoms with Crippen molar-refractivity contribution in [1.29, 1.82) is 0 Å². The van der Waals surface area contributed by atoms with Crippen LogP contribution in [0.25, 0.3) is 0 Å². The zero-order chi connectivity index (χ0) is 18.1. The van der Waals surface area contributed by atoms with Crippen molar-refractivity contribution < 1.29 is 9.53 Å². The normalized spacial score (nSPS) is 16.8. The molecule has 140 valence electrons. The van der Waals surface area contributed by atoms with Crippen LogP contribution in [0.5, 0.6) is 0 Å². The Labute approximate surface area is 160 Å². The van der Waals surface area contributed by atoms with Crippen LogP contribution in [0.15, 0.2) is 24.3 Å². The third-order valence-electron chi connectivity index (χ3n) is 4.23. The summed E-state index contributed by atoms with van der Waals surface area (Å²) in [5.74, 6) is 1.99. The Morgan fingerprint density at radius 2 is 2.12 bits per heavy atom. The van der Waals surface area contributed by atoms with Crippen LogP contribution in [0, 0.1) is 5.92 Å². The SMILES string of the molecule is CC(C)CC(CNC(=O)CSCc1cccc(Cl)c1)N1CCOCC1. The van der Waals surface area contributed by atoms with Crippen LogP contribution >= 0.6 is 23.4 Å². The first-order valence-corrected chi connectivity index (χ1v) is 10.5. The molecule has 4 nitrogen and oxygen atoms in total. The molecule has 0 aliphatic carbocycles. The highest BCUT2D eigenvalue weighted by atomic mass is 35.5. The van der Waals surface area contributed by atoms with Crippen LogP contribution in [0.3, 0.4) is 0 Å². The van der Waals surface area contributed by atoms with Gasteiger partial charge in [0, 0.05) is 36.5 Å².